The molecule has 0 fully saturated rings. The van der Waals surface area contributed by atoms with Gasteiger partial charge in [-0.15, -0.1) is 0 Å². The van der Waals surface area contributed by atoms with Gasteiger partial charge in [0, 0.05) is 5.56 Å². The molecule has 3 heterocycles. The van der Waals surface area contributed by atoms with E-state index in [0.29, 0.717) is 22.7 Å². The number of H-pyrrole nitrogens is 1. The van der Waals surface area contributed by atoms with Gasteiger partial charge in [0.1, 0.15) is 11.4 Å². The summed E-state index contributed by atoms with van der Waals surface area (Å²) in [6.45, 7) is 3.73. The van der Waals surface area contributed by atoms with E-state index >= 15 is 0 Å². The first kappa shape index (κ1) is 13.6. The van der Waals surface area contributed by atoms with Gasteiger partial charge in [0.15, 0.2) is 0 Å². The minimum Gasteiger partial charge on any atom is -0.497 e. The number of ether oxygens (including phenoxy) is 1. The van der Waals surface area contributed by atoms with Gasteiger partial charge in [-0.05, 0) is 38.1 Å². The lowest BCUT2D eigenvalue weighted by atomic mass is 10.2. The molecule has 0 aliphatic carbocycles. The third kappa shape index (κ3) is 1.93. The van der Waals surface area contributed by atoms with Crippen LogP contribution in [0.1, 0.15) is 17.0 Å². The lowest BCUT2D eigenvalue weighted by molar-refractivity contribution is -0.389. The average Bonchev–Trinajstić information content (AvgIpc) is 3.10. The molecule has 0 unspecified atom stereocenters. The minimum absolute atomic E-state index is 0.258. The fourth-order valence-electron chi connectivity index (χ4n) is 2.63. The maximum Gasteiger partial charge on any atom is 0.447 e. The number of aromatic amines is 1. The Bertz CT molecular complexity index is 1080. The van der Waals surface area contributed by atoms with Crippen LogP contribution >= 0.6 is 0 Å². The van der Waals surface area contributed by atoms with Gasteiger partial charge in [0.25, 0.3) is 5.82 Å². The first-order chi connectivity index (χ1) is 11.1. The van der Waals surface area contributed by atoms with Crippen molar-refractivity contribution in [3.63, 3.8) is 0 Å². The molecule has 1 aliphatic heterocycles. The summed E-state index contributed by atoms with van der Waals surface area (Å²) in [5.74, 6) is 1.75. The molecule has 0 saturated carbocycles. The molecule has 2 aromatic heterocycles. The minimum atomic E-state index is -0.258. The number of aryl methyl sites for hydroxylation is 2. The lowest BCUT2D eigenvalue weighted by Crippen LogP contribution is -2.37. The molecule has 1 N–H and O–H groups in total. The number of amidine groups is 1. The summed E-state index contributed by atoms with van der Waals surface area (Å²) < 4.78 is 6.68. The van der Waals surface area contributed by atoms with E-state index in [1.807, 2.05) is 38.1 Å². The number of hydrogen-bond donors (Lipinski definition) is 0. The van der Waals surface area contributed by atoms with Crippen LogP contribution in [0.3, 0.4) is 0 Å². The second-order valence-electron chi connectivity index (χ2n) is 5.34. The standard InChI is InChI=1S/C16H13N5O2/c1-8-9(2)21-15(17-8)12-14(20-16(21)22)19-13(18-12)10-4-6-11(23-3)7-5-10/h4-7H,1-3H3/p+1. The molecule has 23 heavy (non-hydrogen) atoms. The predicted molar refractivity (Wildman–Crippen MR) is 83.4 cm³/mol. The van der Waals surface area contributed by atoms with Crippen LogP contribution in [0.2, 0.25) is 0 Å². The molecule has 0 radical (unpaired) electrons. The van der Waals surface area contributed by atoms with E-state index in [1.54, 1.807) is 7.11 Å². The van der Waals surface area contributed by atoms with Crippen molar-refractivity contribution in [1.29, 1.82) is 0 Å². The number of rotatable bonds is 2. The molecular formula is C16H14N5O2+. The van der Waals surface area contributed by atoms with Crippen molar-refractivity contribution in [2.75, 3.05) is 7.11 Å². The van der Waals surface area contributed by atoms with Crippen LogP contribution in [0.25, 0.3) is 5.65 Å². The Labute approximate surface area is 131 Å². The molecule has 3 aromatic rings. The second kappa shape index (κ2) is 4.70. The predicted octanol–water partition coefficient (Wildman–Crippen LogP) is 0.564. The Balaban J connectivity index is 1.93. The SMILES string of the molecule is COc1ccc(C2=Nc3[nH+]c(=O)n4c(C)c(C)nc4c3=N2)cc1. The molecule has 0 atom stereocenters. The highest BCUT2D eigenvalue weighted by Crippen LogP contribution is 2.16. The highest BCUT2D eigenvalue weighted by atomic mass is 16.5. The largest absolute Gasteiger partial charge is 0.497 e. The van der Waals surface area contributed by atoms with Gasteiger partial charge in [-0.3, -0.25) is 0 Å². The van der Waals surface area contributed by atoms with Gasteiger partial charge in [-0.1, -0.05) is 4.99 Å². The Morgan fingerprint density at radius 2 is 1.87 bits per heavy atom. The number of aromatic nitrogens is 3. The fraction of sp³-hybridized carbons (Fsp3) is 0.188. The third-order valence-electron chi connectivity index (χ3n) is 3.99. The Kier molecular flexibility index (Phi) is 2.77. The van der Waals surface area contributed by atoms with Crippen LogP contribution in [-0.4, -0.2) is 22.3 Å². The van der Waals surface area contributed by atoms with Crippen molar-refractivity contribution in [2.45, 2.75) is 13.8 Å². The Hall–Kier alpha value is -3.09. The topological polar surface area (TPSA) is 82.5 Å². The quantitative estimate of drug-likeness (QED) is 0.693. The summed E-state index contributed by atoms with van der Waals surface area (Å²) in [4.78, 5) is 28.4. The third-order valence-corrected chi connectivity index (χ3v) is 3.99. The van der Waals surface area contributed by atoms with Crippen LogP contribution in [0.15, 0.2) is 39.0 Å². The van der Waals surface area contributed by atoms with Crippen LogP contribution in [0, 0.1) is 13.8 Å². The average molecular weight is 308 g/mol. The molecule has 0 bridgehead atoms. The monoisotopic (exact) mass is 308 g/mol. The Morgan fingerprint density at radius 1 is 1.13 bits per heavy atom. The van der Waals surface area contributed by atoms with Crippen LogP contribution in [0.4, 0.5) is 5.82 Å². The number of fused-ring (bicyclic) bond motifs is 3. The van der Waals surface area contributed by atoms with Gasteiger partial charge in [-0.2, -0.15) is 4.40 Å². The van der Waals surface area contributed by atoms with E-state index in [9.17, 15) is 4.79 Å². The summed E-state index contributed by atoms with van der Waals surface area (Å²) in [6, 6.07) is 7.45. The van der Waals surface area contributed by atoms with Gasteiger partial charge in [-0.25, -0.2) is 19.8 Å². The smallest absolute Gasteiger partial charge is 0.447 e. The highest BCUT2D eigenvalue weighted by molar-refractivity contribution is 6.02. The van der Waals surface area contributed by atoms with Crippen LogP contribution in [0.5, 0.6) is 5.75 Å². The fourth-order valence-corrected chi connectivity index (χ4v) is 2.63. The summed E-state index contributed by atoms with van der Waals surface area (Å²) in [7, 11) is 1.62. The zero-order valence-corrected chi connectivity index (χ0v) is 12.9. The summed E-state index contributed by atoms with van der Waals surface area (Å²) in [5, 5.41) is 0.589. The van der Waals surface area contributed by atoms with Crippen molar-refractivity contribution in [3.8, 4) is 5.75 Å². The number of nitrogens with zero attached hydrogens (tertiary/aromatic N) is 4. The molecule has 7 heteroatoms. The molecule has 0 saturated heterocycles. The molecule has 4 rings (SSSR count). The van der Waals surface area contributed by atoms with Crippen molar-refractivity contribution in [2.24, 2.45) is 9.98 Å². The molecule has 114 valence electrons. The molecular weight excluding hydrogens is 294 g/mol. The summed E-state index contributed by atoms with van der Waals surface area (Å²) in [6.07, 6.45) is 0. The number of imidazole rings is 1. The highest BCUT2D eigenvalue weighted by Gasteiger charge is 2.25. The molecule has 7 nitrogen and oxygen atoms in total. The lowest BCUT2D eigenvalue weighted by Gasteiger charge is -1.99. The van der Waals surface area contributed by atoms with Gasteiger partial charge < -0.3 is 4.74 Å². The van der Waals surface area contributed by atoms with E-state index < -0.39 is 0 Å². The van der Waals surface area contributed by atoms with Crippen LogP contribution in [-0.2, 0) is 0 Å². The maximum atomic E-state index is 12.2. The van der Waals surface area contributed by atoms with E-state index in [4.69, 9.17) is 4.74 Å². The van der Waals surface area contributed by atoms with E-state index in [0.717, 1.165) is 22.7 Å². The van der Waals surface area contributed by atoms with Gasteiger partial charge >= 0.3 is 5.69 Å². The van der Waals surface area contributed by atoms with Crippen molar-refractivity contribution < 1.29 is 9.72 Å². The van der Waals surface area contributed by atoms with Crippen molar-refractivity contribution in [1.82, 2.24) is 9.38 Å². The normalized spacial score (nSPS) is 12.9. The first-order valence-corrected chi connectivity index (χ1v) is 7.15. The molecule has 0 spiro atoms. The zero-order chi connectivity index (χ0) is 16.1. The Morgan fingerprint density at radius 3 is 2.57 bits per heavy atom. The maximum absolute atomic E-state index is 12.2. The first-order valence-electron chi connectivity index (χ1n) is 7.15. The van der Waals surface area contributed by atoms with Crippen molar-refractivity contribution in [3.05, 3.63) is 57.1 Å². The van der Waals surface area contributed by atoms with E-state index in [1.165, 1.54) is 4.40 Å². The number of benzene rings is 1. The second-order valence-corrected chi connectivity index (χ2v) is 5.34. The molecule has 0 amide bonds. The number of aliphatic imine (C=N–C) groups is 1. The van der Waals surface area contributed by atoms with E-state index in [-0.39, 0.29) is 5.69 Å². The molecule has 1 aliphatic rings. The number of methoxy groups -OCH3 is 1. The van der Waals surface area contributed by atoms with Gasteiger partial charge in [0.2, 0.25) is 16.8 Å². The summed E-state index contributed by atoms with van der Waals surface area (Å²) >= 11 is 0. The van der Waals surface area contributed by atoms with Crippen molar-refractivity contribution >= 4 is 17.3 Å². The van der Waals surface area contributed by atoms with E-state index in [2.05, 4.69) is 20.0 Å². The van der Waals surface area contributed by atoms with Crippen LogP contribution < -0.4 is 20.8 Å². The number of nitrogens with one attached hydrogen (secondary N) is 1. The summed E-state index contributed by atoms with van der Waals surface area (Å²) in [5.41, 5.74) is 2.73. The number of hydrogen-bond acceptors (Lipinski definition) is 5. The van der Waals surface area contributed by atoms with Gasteiger partial charge in [0.05, 0.1) is 12.8 Å². The zero-order valence-electron chi connectivity index (χ0n) is 12.9. The molecule has 1 aromatic carbocycles.